The summed E-state index contributed by atoms with van der Waals surface area (Å²) < 4.78 is 23.3. The van der Waals surface area contributed by atoms with Crippen LogP contribution >= 0.6 is 7.82 Å². The number of carbonyl (C=O) groups excluding carboxylic acids is 1. The molecule has 0 aliphatic heterocycles. The van der Waals surface area contributed by atoms with Gasteiger partial charge in [-0.15, -0.1) is 0 Å². The number of aliphatic hydroxyl groups is 1. The zero-order valence-electron chi connectivity index (χ0n) is 40.0. The zero-order valence-corrected chi connectivity index (χ0v) is 40.9. The molecule has 0 aromatic heterocycles. The summed E-state index contributed by atoms with van der Waals surface area (Å²) in [7, 11) is 1.27. The lowest BCUT2D eigenvalue weighted by atomic mass is 10.0. The molecule has 0 radical (unpaired) electrons. The molecule has 0 aromatic carbocycles. The minimum Gasteiger partial charge on any atom is -0.756 e. The fourth-order valence-electron chi connectivity index (χ4n) is 7.68. The van der Waals surface area contributed by atoms with Crippen LogP contribution in [0.25, 0.3) is 0 Å². The number of rotatable bonds is 47. The summed E-state index contributed by atoms with van der Waals surface area (Å²) in [5.74, 6) is -0.192. The van der Waals surface area contributed by atoms with Gasteiger partial charge in [0.25, 0.3) is 7.82 Å². The minimum absolute atomic E-state index is 0.00243. The molecule has 0 fully saturated rings. The van der Waals surface area contributed by atoms with Gasteiger partial charge in [0.2, 0.25) is 5.91 Å². The molecule has 1 amide bonds. The average Bonchev–Trinajstić information content (AvgIpc) is 3.19. The maximum atomic E-state index is 12.9. The number of quaternary nitrogens is 1. The lowest BCUT2D eigenvalue weighted by Gasteiger charge is -2.29. The zero-order chi connectivity index (χ0) is 43.6. The summed E-state index contributed by atoms with van der Waals surface area (Å²) in [6, 6.07) is -0.880. The van der Waals surface area contributed by atoms with E-state index in [2.05, 4.69) is 19.2 Å². The Balaban J connectivity index is 4.28. The Hall–Kier alpha value is -0.760. The first-order chi connectivity index (χ1) is 28.5. The first kappa shape index (κ1) is 58.2. The highest BCUT2D eigenvalue weighted by atomic mass is 31.2. The molecule has 3 unspecified atom stereocenters. The molecule has 0 heterocycles. The van der Waals surface area contributed by atoms with Crippen LogP contribution in [0.5, 0.6) is 0 Å². The van der Waals surface area contributed by atoms with Crippen LogP contribution < -0.4 is 10.2 Å². The smallest absolute Gasteiger partial charge is 0.268 e. The Morgan fingerprint density at radius 2 is 0.915 bits per heavy atom. The quantitative estimate of drug-likeness (QED) is 0.0273. The normalized spacial score (nSPS) is 14.2. The summed E-state index contributed by atoms with van der Waals surface area (Å²) in [5.41, 5.74) is 0. The third-order valence-electron chi connectivity index (χ3n) is 11.7. The van der Waals surface area contributed by atoms with E-state index in [4.69, 9.17) is 9.05 Å². The van der Waals surface area contributed by atoms with Crippen molar-refractivity contribution in [2.45, 2.75) is 264 Å². The van der Waals surface area contributed by atoms with Crippen molar-refractivity contribution in [1.29, 1.82) is 0 Å². The summed E-state index contributed by atoms with van der Waals surface area (Å²) in [6.07, 6.45) is 49.7. The van der Waals surface area contributed by atoms with E-state index < -0.39 is 20.0 Å². The van der Waals surface area contributed by atoms with Crippen LogP contribution in [0.4, 0.5) is 0 Å². The number of nitrogens with one attached hydrogen (secondary N) is 1. The molecule has 59 heavy (non-hydrogen) atoms. The van der Waals surface area contributed by atoms with Gasteiger partial charge in [-0.3, -0.25) is 9.36 Å². The molecule has 0 spiro atoms. The lowest BCUT2D eigenvalue weighted by molar-refractivity contribution is -0.870. The van der Waals surface area contributed by atoms with Gasteiger partial charge in [0.05, 0.1) is 39.9 Å². The van der Waals surface area contributed by atoms with E-state index in [1.807, 2.05) is 27.2 Å². The largest absolute Gasteiger partial charge is 0.756 e. The first-order valence-corrected chi connectivity index (χ1v) is 27.0. The lowest BCUT2D eigenvalue weighted by Crippen LogP contribution is -2.45. The number of allylic oxidation sites excluding steroid dienone is 1. The van der Waals surface area contributed by atoms with E-state index in [1.54, 1.807) is 6.08 Å². The van der Waals surface area contributed by atoms with E-state index in [0.29, 0.717) is 17.4 Å². The number of hydrogen-bond acceptors (Lipinski definition) is 6. The third kappa shape index (κ3) is 45.1. The predicted molar refractivity (Wildman–Crippen MR) is 252 cm³/mol. The van der Waals surface area contributed by atoms with Gasteiger partial charge < -0.3 is 28.8 Å². The van der Waals surface area contributed by atoms with Gasteiger partial charge in [-0.2, -0.15) is 0 Å². The number of carbonyl (C=O) groups is 1. The summed E-state index contributed by atoms with van der Waals surface area (Å²) in [6.45, 7) is 4.68. The van der Waals surface area contributed by atoms with E-state index in [-0.39, 0.29) is 19.1 Å². The summed E-state index contributed by atoms with van der Waals surface area (Å²) in [5, 5.41) is 13.8. The topological polar surface area (TPSA) is 108 Å². The van der Waals surface area contributed by atoms with E-state index in [0.717, 1.165) is 38.5 Å². The Bertz CT molecular complexity index is 974. The molecule has 352 valence electrons. The molecule has 3 atom stereocenters. The van der Waals surface area contributed by atoms with Crippen LogP contribution in [0.2, 0.25) is 0 Å². The SMILES string of the molecule is CCCCCCCCCCCCCCCCC/C=C/C(O)C(COP(=O)([O-])OCC[N+](C)(C)C)NC(=O)CCCCCCCCCCCCCCCCCCCCCC. The van der Waals surface area contributed by atoms with Gasteiger partial charge in [0.15, 0.2) is 0 Å². The van der Waals surface area contributed by atoms with E-state index in [1.165, 1.54) is 193 Å². The highest BCUT2D eigenvalue weighted by Crippen LogP contribution is 2.38. The first-order valence-electron chi connectivity index (χ1n) is 25.6. The Kier molecular flexibility index (Phi) is 42.0. The molecule has 0 aliphatic carbocycles. The van der Waals surface area contributed by atoms with Crippen molar-refractivity contribution in [3.05, 3.63) is 12.2 Å². The molecule has 0 rings (SSSR count). The second-order valence-electron chi connectivity index (χ2n) is 18.9. The predicted octanol–water partition coefficient (Wildman–Crippen LogP) is 14.1. The molecule has 2 N–H and O–H groups in total. The molecular weight excluding hydrogens is 756 g/mol. The number of hydrogen-bond donors (Lipinski definition) is 2. The Labute approximate surface area is 367 Å². The van der Waals surface area contributed by atoms with Crippen molar-refractivity contribution >= 4 is 13.7 Å². The van der Waals surface area contributed by atoms with Crippen LogP contribution in [0.3, 0.4) is 0 Å². The number of aliphatic hydroxyl groups excluding tert-OH is 1. The average molecular weight is 857 g/mol. The van der Waals surface area contributed by atoms with Crippen molar-refractivity contribution in [1.82, 2.24) is 5.32 Å². The highest BCUT2D eigenvalue weighted by molar-refractivity contribution is 7.45. The van der Waals surface area contributed by atoms with Crippen LogP contribution in [-0.2, 0) is 18.4 Å². The van der Waals surface area contributed by atoms with Crippen LogP contribution in [0.1, 0.15) is 251 Å². The Morgan fingerprint density at radius 3 is 1.27 bits per heavy atom. The maximum absolute atomic E-state index is 12.9. The molecule has 0 aliphatic rings. The molecule has 0 saturated carbocycles. The van der Waals surface area contributed by atoms with Gasteiger partial charge in [-0.1, -0.05) is 238 Å². The number of phosphoric acid groups is 1. The molecule has 0 bridgehead atoms. The number of likely N-dealkylation sites (N-methyl/N-ethyl adjacent to an activating group) is 1. The number of nitrogens with zero attached hydrogens (tertiary/aromatic N) is 1. The minimum atomic E-state index is -4.59. The van der Waals surface area contributed by atoms with Crippen molar-refractivity contribution in [2.75, 3.05) is 40.9 Å². The van der Waals surface area contributed by atoms with Crippen molar-refractivity contribution in [2.24, 2.45) is 0 Å². The van der Waals surface area contributed by atoms with Gasteiger partial charge in [-0.05, 0) is 19.3 Å². The standard InChI is InChI=1S/C50H101N2O6P/c1-6-8-10-12-14-16-18-20-22-24-25-26-28-30-32-34-36-38-40-42-44-50(54)51-48(47-58-59(55,56)57-46-45-52(3,4)5)49(53)43-41-39-37-35-33-31-29-27-23-21-19-17-15-13-11-9-7-2/h41,43,48-49,53H,6-40,42,44-47H2,1-5H3,(H-,51,54,55,56)/b43-41+. The van der Waals surface area contributed by atoms with Crippen molar-refractivity contribution in [3.8, 4) is 0 Å². The van der Waals surface area contributed by atoms with Crippen LogP contribution in [0.15, 0.2) is 12.2 Å². The third-order valence-corrected chi connectivity index (χ3v) is 12.7. The van der Waals surface area contributed by atoms with Crippen LogP contribution in [0, 0.1) is 0 Å². The van der Waals surface area contributed by atoms with E-state index in [9.17, 15) is 19.4 Å². The monoisotopic (exact) mass is 857 g/mol. The van der Waals surface area contributed by atoms with Gasteiger partial charge >= 0.3 is 0 Å². The molecule has 0 saturated heterocycles. The second-order valence-corrected chi connectivity index (χ2v) is 20.3. The summed E-state index contributed by atoms with van der Waals surface area (Å²) in [4.78, 5) is 25.4. The molecule has 8 nitrogen and oxygen atoms in total. The number of amides is 1. The van der Waals surface area contributed by atoms with Crippen LogP contribution in [-0.4, -0.2) is 68.5 Å². The Morgan fingerprint density at radius 1 is 0.576 bits per heavy atom. The highest BCUT2D eigenvalue weighted by Gasteiger charge is 2.23. The fourth-order valence-corrected chi connectivity index (χ4v) is 8.41. The van der Waals surface area contributed by atoms with Gasteiger partial charge in [0, 0.05) is 6.42 Å². The fraction of sp³-hybridized carbons (Fsp3) is 0.940. The van der Waals surface area contributed by atoms with Gasteiger partial charge in [0.1, 0.15) is 13.2 Å². The number of unbranched alkanes of at least 4 members (excludes halogenated alkanes) is 34. The molecule has 0 aromatic rings. The summed E-state index contributed by atoms with van der Waals surface area (Å²) >= 11 is 0. The number of phosphoric ester groups is 1. The molecular formula is C50H101N2O6P. The van der Waals surface area contributed by atoms with Crippen molar-refractivity contribution in [3.63, 3.8) is 0 Å². The molecule has 9 heteroatoms. The maximum Gasteiger partial charge on any atom is 0.268 e. The van der Waals surface area contributed by atoms with Crippen molar-refractivity contribution < 1.29 is 32.9 Å². The second kappa shape index (κ2) is 42.5. The van der Waals surface area contributed by atoms with E-state index >= 15 is 0 Å². The van der Waals surface area contributed by atoms with Gasteiger partial charge in [-0.25, -0.2) is 0 Å².